The summed E-state index contributed by atoms with van der Waals surface area (Å²) in [5.41, 5.74) is 2.59. The number of halogens is 2. The summed E-state index contributed by atoms with van der Waals surface area (Å²) in [6.45, 7) is 0.698. The first-order chi connectivity index (χ1) is 12.0. The lowest BCUT2D eigenvalue weighted by molar-refractivity contribution is 0.262. The predicted octanol–water partition coefficient (Wildman–Crippen LogP) is 2.39. The van der Waals surface area contributed by atoms with Crippen molar-refractivity contribution in [2.75, 3.05) is 11.9 Å². The van der Waals surface area contributed by atoms with Crippen LogP contribution in [-0.2, 0) is 5.41 Å². The summed E-state index contributed by atoms with van der Waals surface area (Å²) in [5, 5.41) is 26.0. The van der Waals surface area contributed by atoms with Crippen LogP contribution in [0.15, 0.2) is 43.4 Å². The summed E-state index contributed by atoms with van der Waals surface area (Å²) >= 11 is 6.95. The molecule has 0 aromatic heterocycles. The Bertz CT molecular complexity index is 1060. The molecule has 5 nitrogen and oxygen atoms in total. The fourth-order valence-electron chi connectivity index (χ4n) is 3.92. The number of allylic oxidation sites excluding steroid dienone is 3. The maximum Gasteiger partial charge on any atom is 0.166 e. The average molecular weight is 463 g/mol. The first-order valence-electron chi connectivity index (χ1n) is 7.92. The number of aromatic hydroxyl groups is 1. The van der Waals surface area contributed by atoms with Crippen molar-refractivity contribution in [3.8, 4) is 5.75 Å². The molecular formula is C18H13Br2N3O2. The molecule has 1 spiro atoms. The van der Waals surface area contributed by atoms with Gasteiger partial charge in [-0.25, -0.2) is 0 Å². The number of fused-ring (bicyclic) bond motifs is 3. The van der Waals surface area contributed by atoms with Crippen LogP contribution in [0.25, 0.3) is 5.57 Å². The SMILES string of the molecule is Oc1c2c(c3c4c1N=CC=4CCN=3)C1(C=CN2)C=C(Br)C(O)C(Br)=C1. The van der Waals surface area contributed by atoms with Crippen LogP contribution in [0.3, 0.4) is 0 Å². The zero-order chi connectivity index (χ0) is 17.3. The second-order valence-corrected chi connectivity index (χ2v) is 8.29. The molecule has 1 aliphatic carbocycles. The molecule has 0 saturated carbocycles. The second kappa shape index (κ2) is 5.16. The number of benzene rings is 1. The number of phenols is 1. The number of nitrogens with one attached hydrogen (secondary N) is 1. The number of hydrogen-bond donors (Lipinski definition) is 3. The van der Waals surface area contributed by atoms with E-state index in [1.807, 2.05) is 24.4 Å². The Kier molecular flexibility index (Phi) is 3.21. The van der Waals surface area contributed by atoms with Crippen LogP contribution in [0.4, 0.5) is 11.4 Å². The Morgan fingerprint density at radius 1 is 1.24 bits per heavy atom. The van der Waals surface area contributed by atoms with Gasteiger partial charge in [0.1, 0.15) is 11.8 Å². The van der Waals surface area contributed by atoms with Crippen LogP contribution in [0, 0.1) is 0 Å². The van der Waals surface area contributed by atoms with E-state index in [0.29, 0.717) is 26.9 Å². The first kappa shape index (κ1) is 15.5. The second-order valence-electron chi connectivity index (χ2n) is 6.46. The van der Waals surface area contributed by atoms with Crippen LogP contribution in [0.1, 0.15) is 12.0 Å². The number of phenolic OH excluding ortho intramolecular Hbond substituents is 1. The molecule has 0 unspecified atom stereocenters. The van der Waals surface area contributed by atoms with Crippen LogP contribution >= 0.6 is 31.9 Å². The molecule has 0 atom stereocenters. The van der Waals surface area contributed by atoms with Gasteiger partial charge in [-0.15, -0.1) is 0 Å². The van der Waals surface area contributed by atoms with Gasteiger partial charge in [0.25, 0.3) is 0 Å². The number of aliphatic hydroxyl groups excluding tert-OH is 1. The topological polar surface area (TPSA) is 77.2 Å². The molecular weight excluding hydrogens is 450 g/mol. The highest BCUT2D eigenvalue weighted by Gasteiger charge is 2.39. The van der Waals surface area contributed by atoms with Crippen LogP contribution in [0.5, 0.6) is 5.75 Å². The molecule has 0 saturated heterocycles. The average Bonchev–Trinajstić information content (AvgIpc) is 3.03. The molecule has 0 radical (unpaired) electrons. The number of nitrogens with zero attached hydrogens (tertiary/aromatic N) is 2. The van der Waals surface area contributed by atoms with Gasteiger partial charge in [-0.05, 0) is 18.2 Å². The van der Waals surface area contributed by atoms with Crippen molar-refractivity contribution in [2.45, 2.75) is 17.9 Å². The van der Waals surface area contributed by atoms with Crippen molar-refractivity contribution < 1.29 is 10.2 Å². The van der Waals surface area contributed by atoms with Gasteiger partial charge in [0.05, 0.1) is 16.5 Å². The summed E-state index contributed by atoms with van der Waals surface area (Å²) in [5.74, 6) is 0.140. The van der Waals surface area contributed by atoms with E-state index in [9.17, 15) is 10.2 Å². The highest BCUT2D eigenvalue weighted by atomic mass is 79.9. The number of rotatable bonds is 0. The summed E-state index contributed by atoms with van der Waals surface area (Å²) in [6.07, 6.45) is 9.66. The predicted molar refractivity (Wildman–Crippen MR) is 104 cm³/mol. The van der Waals surface area contributed by atoms with Crippen molar-refractivity contribution in [2.24, 2.45) is 9.98 Å². The minimum absolute atomic E-state index is 0.140. The molecule has 4 aliphatic rings. The van der Waals surface area contributed by atoms with E-state index in [2.05, 4.69) is 42.2 Å². The Morgan fingerprint density at radius 3 is 2.76 bits per heavy atom. The first-order valence-corrected chi connectivity index (χ1v) is 9.50. The standard InChI is InChI=1S/C18H13Br2N3O2/c19-9-5-18(6-10(20)16(9)24)2-4-22-15-12(18)13-11-8(1-3-21-13)7-23-14(11)17(15)25/h2,4-7,16,22,24-25H,1,3H2. The van der Waals surface area contributed by atoms with Gasteiger partial charge in [-0.3, -0.25) is 9.98 Å². The van der Waals surface area contributed by atoms with Gasteiger partial charge < -0.3 is 15.5 Å². The smallest absolute Gasteiger partial charge is 0.166 e. The largest absolute Gasteiger partial charge is 0.504 e. The molecule has 0 fully saturated rings. The third-order valence-corrected chi connectivity index (χ3v) is 6.36. The Morgan fingerprint density at radius 2 is 2.00 bits per heavy atom. The van der Waals surface area contributed by atoms with Gasteiger partial charge in [0, 0.05) is 32.5 Å². The van der Waals surface area contributed by atoms with E-state index >= 15 is 0 Å². The lowest BCUT2D eigenvalue weighted by atomic mass is 9.74. The van der Waals surface area contributed by atoms with E-state index in [0.717, 1.165) is 28.1 Å². The van der Waals surface area contributed by atoms with Crippen molar-refractivity contribution in [3.63, 3.8) is 0 Å². The lowest BCUT2D eigenvalue weighted by Crippen LogP contribution is -2.42. The van der Waals surface area contributed by atoms with E-state index in [-0.39, 0.29) is 5.75 Å². The molecule has 3 aliphatic heterocycles. The maximum absolute atomic E-state index is 10.8. The molecule has 5 rings (SSSR count). The Hall–Kier alpha value is -1.70. The van der Waals surface area contributed by atoms with E-state index in [1.54, 1.807) is 6.20 Å². The van der Waals surface area contributed by atoms with Crippen molar-refractivity contribution in [3.05, 3.63) is 49.5 Å². The molecule has 3 N–H and O–H groups in total. The molecule has 3 heterocycles. The third kappa shape index (κ3) is 1.97. The molecule has 1 aromatic carbocycles. The van der Waals surface area contributed by atoms with Crippen LogP contribution in [0.2, 0.25) is 0 Å². The normalized spacial score (nSPS) is 28.1. The minimum Gasteiger partial charge on any atom is -0.504 e. The van der Waals surface area contributed by atoms with Gasteiger partial charge in [0.2, 0.25) is 0 Å². The summed E-state index contributed by atoms with van der Waals surface area (Å²) in [6, 6.07) is 0. The molecule has 0 bridgehead atoms. The van der Waals surface area contributed by atoms with Gasteiger partial charge in [-0.2, -0.15) is 0 Å². The minimum atomic E-state index is -0.723. The maximum atomic E-state index is 10.8. The van der Waals surface area contributed by atoms with Gasteiger partial charge in [-0.1, -0.05) is 50.1 Å². The summed E-state index contributed by atoms with van der Waals surface area (Å²) in [4.78, 5) is 9.19. The number of aliphatic imine (C=N–C) groups is 1. The fraction of sp³-hybridized carbons (Fsp3) is 0.222. The highest BCUT2D eigenvalue weighted by Crippen LogP contribution is 2.47. The molecule has 126 valence electrons. The van der Waals surface area contributed by atoms with Crippen molar-refractivity contribution in [1.82, 2.24) is 0 Å². The number of aliphatic hydroxyl groups is 1. The Balaban J connectivity index is 1.94. The summed E-state index contributed by atoms with van der Waals surface area (Å²) < 4.78 is 1.34. The molecule has 7 heteroatoms. The quantitative estimate of drug-likeness (QED) is 0.518. The molecule has 1 aromatic rings. The summed E-state index contributed by atoms with van der Waals surface area (Å²) in [7, 11) is 0. The van der Waals surface area contributed by atoms with E-state index in [1.165, 1.54) is 0 Å². The van der Waals surface area contributed by atoms with Gasteiger partial charge in [0.15, 0.2) is 5.75 Å². The molecule has 0 amide bonds. The van der Waals surface area contributed by atoms with Crippen LogP contribution in [-0.4, -0.2) is 29.1 Å². The van der Waals surface area contributed by atoms with Gasteiger partial charge >= 0.3 is 0 Å². The zero-order valence-electron chi connectivity index (χ0n) is 12.9. The third-order valence-electron chi connectivity index (χ3n) is 5.04. The van der Waals surface area contributed by atoms with E-state index in [4.69, 9.17) is 4.99 Å². The number of hydrogen-bond acceptors (Lipinski definition) is 5. The highest BCUT2D eigenvalue weighted by molar-refractivity contribution is 9.12. The zero-order valence-corrected chi connectivity index (χ0v) is 16.1. The van der Waals surface area contributed by atoms with Crippen molar-refractivity contribution in [1.29, 1.82) is 0 Å². The van der Waals surface area contributed by atoms with E-state index < -0.39 is 11.5 Å². The van der Waals surface area contributed by atoms with Crippen molar-refractivity contribution >= 4 is 55.0 Å². The monoisotopic (exact) mass is 461 g/mol. The fourth-order valence-corrected chi connectivity index (χ4v) is 5.48. The van der Waals surface area contributed by atoms with Crippen LogP contribution < -0.4 is 15.9 Å². The molecule has 25 heavy (non-hydrogen) atoms. The Labute approximate surface area is 160 Å². The number of anilines is 1. The lowest BCUT2D eigenvalue weighted by Gasteiger charge is -2.35.